The first kappa shape index (κ1) is 19.1. The molecule has 0 bridgehead atoms. The number of carbonyl (C=O) groups is 1. The number of hydrogen-bond acceptors (Lipinski definition) is 3. The molecule has 1 saturated carbocycles. The number of nitrogens with one attached hydrogen (secondary N) is 1. The Bertz CT molecular complexity index is 636. The average Bonchev–Trinajstić information content (AvgIpc) is 2.68. The van der Waals surface area contributed by atoms with E-state index in [1.54, 1.807) is 11.1 Å². The van der Waals surface area contributed by atoms with Crippen LogP contribution in [-0.4, -0.2) is 23.9 Å². The molecule has 1 aliphatic rings. The second kappa shape index (κ2) is 9.27. The molecule has 0 heterocycles. The highest BCUT2D eigenvalue weighted by molar-refractivity contribution is 5.97. The van der Waals surface area contributed by atoms with Crippen molar-refractivity contribution in [1.29, 1.82) is 5.26 Å². The Balaban J connectivity index is 2.00. The summed E-state index contributed by atoms with van der Waals surface area (Å²) in [6, 6.07) is 10.8. The van der Waals surface area contributed by atoms with E-state index in [2.05, 4.69) is 42.6 Å². The smallest absolute Gasteiger partial charge is 0.265 e. The molecule has 1 amide bonds. The van der Waals surface area contributed by atoms with E-state index in [1.165, 1.54) is 12.0 Å². The van der Waals surface area contributed by atoms with Crippen LogP contribution in [0, 0.1) is 11.3 Å². The number of aryl methyl sites for hydroxylation is 1. The molecule has 4 nitrogen and oxygen atoms in total. The van der Waals surface area contributed by atoms with Gasteiger partial charge in [-0.3, -0.25) is 4.79 Å². The molecule has 0 spiro atoms. The van der Waals surface area contributed by atoms with Gasteiger partial charge in [0, 0.05) is 25.3 Å². The Morgan fingerprint density at radius 3 is 2.52 bits per heavy atom. The van der Waals surface area contributed by atoms with Crippen molar-refractivity contribution in [3.63, 3.8) is 0 Å². The highest BCUT2D eigenvalue weighted by Crippen LogP contribution is 2.22. The topological polar surface area (TPSA) is 56.1 Å². The molecule has 1 N–H and O–H groups in total. The van der Waals surface area contributed by atoms with Crippen LogP contribution in [0.25, 0.3) is 0 Å². The minimum Gasteiger partial charge on any atom is -0.383 e. The molecule has 0 aliphatic heterocycles. The van der Waals surface area contributed by atoms with Crippen LogP contribution < -0.4 is 5.32 Å². The molecular formula is C21H29N3O. The van der Waals surface area contributed by atoms with Crippen LogP contribution in [0.1, 0.15) is 63.1 Å². The van der Waals surface area contributed by atoms with Crippen LogP contribution in [0.15, 0.2) is 36.0 Å². The van der Waals surface area contributed by atoms with E-state index >= 15 is 0 Å². The molecule has 0 aromatic heterocycles. The van der Waals surface area contributed by atoms with Crippen molar-refractivity contribution in [3.05, 3.63) is 47.2 Å². The van der Waals surface area contributed by atoms with E-state index in [4.69, 9.17) is 0 Å². The van der Waals surface area contributed by atoms with E-state index in [0.29, 0.717) is 0 Å². The summed E-state index contributed by atoms with van der Waals surface area (Å²) in [5.41, 5.74) is 2.61. The van der Waals surface area contributed by atoms with Crippen LogP contribution in [-0.2, 0) is 11.2 Å². The highest BCUT2D eigenvalue weighted by Gasteiger charge is 2.24. The number of benzene rings is 1. The SMILES string of the molecule is CCc1ccc(C(C)N/C=C(/C#N)C(=O)N(C)C2CCCCC2)cc1. The quantitative estimate of drug-likeness (QED) is 0.627. The summed E-state index contributed by atoms with van der Waals surface area (Å²) in [7, 11) is 1.82. The lowest BCUT2D eigenvalue weighted by molar-refractivity contribution is -0.128. The van der Waals surface area contributed by atoms with Gasteiger partial charge < -0.3 is 10.2 Å². The van der Waals surface area contributed by atoms with E-state index < -0.39 is 0 Å². The fraction of sp³-hybridized carbons (Fsp3) is 0.524. The zero-order valence-electron chi connectivity index (χ0n) is 15.6. The van der Waals surface area contributed by atoms with Gasteiger partial charge in [-0.2, -0.15) is 5.26 Å². The van der Waals surface area contributed by atoms with Gasteiger partial charge in [0.05, 0.1) is 0 Å². The van der Waals surface area contributed by atoms with E-state index in [0.717, 1.165) is 37.7 Å². The maximum absolute atomic E-state index is 12.6. The average molecular weight is 339 g/mol. The second-order valence-corrected chi connectivity index (χ2v) is 6.86. The van der Waals surface area contributed by atoms with Gasteiger partial charge >= 0.3 is 0 Å². The highest BCUT2D eigenvalue weighted by atomic mass is 16.2. The van der Waals surface area contributed by atoms with E-state index in [1.807, 2.05) is 14.0 Å². The third kappa shape index (κ3) is 5.09. The zero-order chi connectivity index (χ0) is 18.2. The molecule has 134 valence electrons. The standard InChI is InChI=1S/C21H29N3O/c1-4-17-10-12-18(13-11-17)16(2)23-15-19(14-22)21(25)24(3)20-8-6-5-7-9-20/h10-13,15-16,20,23H,4-9H2,1-3H3/b19-15-. The summed E-state index contributed by atoms with van der Waals surface area (Å²) >= 11 is 0. The molecule has 1 unspecified atom stereocenters. The van der Waals surface area contributed by atoms with Crippen molar-refractivity contribution < 1.29 is 4.79 Å². The lowest BCUT2D eigenvalue weighted by Crippen LogP contribution is -2.39. The Hall–Kier alpha value is -2.28. The number of hydrogen-bond donors (Lipinski definition) is 1. The third-order valence-electron chi connectivity index (χ3n) is 5.16. The summed E-state index contributed by atoms with van der Waals surface area (Å²) in [6.07, 6.45) is 8.23. The first-order chi connectivity index (χ1) is 12.1. The van der Waals surface area contributed by atoms with Crippen molar-refractivity contribution in [2.75, 3.05) is 7.05 Å². The molecule has 2 rings (SSSR count). The Morgan fingerprint density at radius 1 is 1.32 bits per heavy atom. The molecule has 1 aliphatic carbocycles. The first-order valence-electron chi connectivity index (χ1n) is 9.29. The Labute approximate surface area is 151 Å². The van der Waals surface area contributed by atoms with Gasteiger partial charge in [-0.25, -0.2) is 0 Å². The summed E-state index contributed by atoms with van der Waals surface area (Å²) in [6.45, 7) is 4.16. The molecule has 1 aromatic carbocycles. The predicted molar refractivity (Wildman–Crippen MR) is 101 cm³/mol. The monoisotopic (exact) mass is 339 g/mol. The van der Waals surface area contributed by atoms with Gasteiger partial charge in [0.1, 0.15) is 11.6 Å². The number of nitriles is 1. The van der Waals surface area contributed by atoms with Crippen LogP contribution in [0.4, 0.5) is 0 Å². The lowest BCUT2D eigenvalue weighted by Gasteiger charge is -2.31. The zero-order valence-corrected chi connectivity index (χ0v) is 15.6. The summed E-state index contributed by atoms with van der Waals surface area (Å²) in [5.74, 6) is -0.185. The number of nitrogens with zero attached hydrogens (tertiary/aromatic N) is 2. The maximum atomic E-state index is 12.6. The molecule has 1 fully saturated rings. The van der Waals surface area contributed by atoms with Gasteiger partial charge in [0.15, 0.2) is 0 Å². The van der Waals surface area contributed by atoms with E-state index in [9.17, 15) is 10.1 Å². The largest absolute Gasteiger partial charge is 0.383 e. The Kier molecular flexibility index (Phi) is 7.06. The molecule has 0 radical (unpaired) electrons. The minimum absolute atomic E-state index is 0.0436. The van der Waals surface area contributed by atoms with Crippen molar-refractivity contribution >= 4 is 5.91 Å². The third-order valence-corrected chi connectivity index (χ3v) is 5.16. The molecule has 25 heavy (non-hydrogen) atoms. The minimum atomic E-state index is -0.185. The van der Waals surface area contributed by atoms with Gasteiger partial charge in [-0.05, 0) is 37.3 Å². The molecule has 4 heteroatoms. The Morgan fingerprint density at radius 2 is 1.96 bits per heavy atom. The van der Waals surface area contributed by atoms with Crippen LogP contribution in [0.5, 0.6) is 0 Å². The van der Waals surface area contributed by atoms with Crippen LogP contribution >= 0.6 is 0 Å². The normalized spacial score (nSPS) is 16.8. The number of amides is 1. The molecule has 0 saturated heterocycles. The molecule has 1 aromatic rings. The van der Waals surface area contributed by atoms with Crippen LogP contribution in [0.3, 0.4) is 0 Å². The van der Waals surface area contributed by atoms with Crippen molar-refractivity contribution in [2.24, 2.45) is 0 Å². The summed E-state index contributed by atoms with van der Waals surface area (Å²) in [5, 5.41) is 12.6. The predicted octanol–water partition coefficient (Wildman–Crippen LogP) is 4.10. The maximum Gasteiger partial charge on any atom is 0.265 e. The molecular weight excluding hydrogens is 310 g/mol. The second-order valence-electron chi connectivity index (χ2n) is 6.86. The number of carbonyl (C=O) groups excluding carboxylic acids is 1. The lowest BCUT2D eigenvalue weighted by atomic mass is 9.94. The van der Waals surface area contributed by atoms with Gasteiger partial charge in [-0.1, -0.05) is 50.5 Å². The number of rotatable bonds is 6. The summed E-state index contributed by atoms with van der Waals surface area (Å²) in [4.78, 5) is 14.3. The van der Waals surface area contributed by atoms with Gasteiger partial charge in [-0.15, -0.1) is 0 Å². The fourth-order valence-electron chi connectivity index (χ4n) is 3.31. The van der Waals surface area contributed by atoms with Gasteiger partial charge in [0.2, 0.25) is 0 Å². The van der Waals surface area contributed by atoms with Crippen molar-refractivity contribution in [1.82, 2.24) is 10.2 Å². The summed E-state index contributed by atoms with van der Waals surface area (Å²) < 4.78 is 0. The van der Waals surface area contributed by atoms with Crippen molar-refractivity contribution in [2.45, 2.75) is 64.5 Å². The van der Waals surface area contributed by atoms with Gasteiger partial charge in [0.25, 0.3) is 5.91 Å². The first-order valence-corrected chi connectivity index (χ1v) is 9.29. The number of likely N-dealkylation sites (N-methyl/N-ethyl adjacent to an activating group) is 1. The molecule has 1 atom stereocenters. The fourth-order valence-corrected chi connectivity index (χ4v) is 3.31. The van der Waals surface area contributed by atoms with Crippen LogP contribution in [0.2, 0.25) is 0 Å². The van der Waals surface area contributed by atoms with Crippen molar-refractivity contribution in [3.8, 4) is 6.07 Å². The van der Waals surface area contributed by atoms with E-state index in [-0.39, 0.29) is 23.6 Å².